The summed E-state index contributed by atoms with van der Waals surface area (Å²) in [4.78, 5) is 32.8. The molecule has 0 saturated carbocycles. The normalized spacial score (nSPS) is 10.1. The number of benzene rings is 1. The van der Waals surface area contributed by atoms with Crippen LogP contribution in [0.5, 0.6) is 0 Å². The zero-order chi connectivity index (χ0) is 14.4. The SMILES string of the molecule is CC(C)C(=O)OCC(=O)Nc1ccccc1[N+](=O)[O-]. The smallest absolute Gasteiger partial charge is 0.308 e. The Balaban J connectivity index is 2.63. The minimum absolute atomic E-state index is 0.0677. The summed E-state index contributed by atoms with van der Waals surface area (Å²) in [6.45, 7) is 2.81. The van der Waals surface area contributed by atoms with Crippen molar-refractivity contribution in [2.45, 2.75) is 13.8 Å². The van der Waals surface area contributed by atoms with E-state index in [-0.39, 0.29) is 17.3 Å². The fraction of sp³-hybridized carbons (Fsp3) is 0.333. The molecule has 1 amide bonds. The number of amides is 1. The van der Waals surface area contributed by atoms with E-state index in [1.54, 1.807) is 19.9 Å². The first-order chi connectivity index (χ1) is 8.91. The Hall–Kier alpha value is -2.44. The number of nitro groups is 1. The molecule has 0 atom stereocenters. The average Bonchev–Trinajstić information content (AvgIpc) is 2.36. The zero-order valence-corrected chi connectivity index (χ0v) is 10.6. The molecule has 0 saturated heterocycles. The minimum Gasteiger partial charge on any atom is -0.455 e. The van der Waals surface area contributed by atoms with Crippen LogP contribution >= 0.6 is 0 Å². The number of nitro benzene ring substituents is 1. The molecule has 0 aliphatic carbocycles. The summed E-state index contributed by atoms with van der Waals surface area (Å²) < 4.78 is 4.72. The second-order valence-corrected chi connectivity index (χ2v) is 4.08. The molecule has 1 rings (SSSR count). The van der Waals surface area contributed by atoms with Crippen LogP contribution in [0.2, 0.25) is 0 Å². The van der Waals surface area contributed by atoms with Crippen LogP contribution in [0, 0.1) is 16.0 Å². The van der Waals surface area contributed by atoms with Gasteiger partial charge in [-0.25, -0.2) is 0 Å². The lowest BCUT2D eigenvalue weighted by Crippen LogP contribution is -2.23. The Morgan fingerprint density at radius 2 is 2.00 bits per heavy atom. The van der Waals surface area contributed by atoms with Crippen molar-refractivity contribution in [3.63, 3.8) is 0 Å². The van der Waals surface area contributed by atoms with Crippen molar-refractivity contribution in [3.8, 4) is 0 Å². The van der Waals surface area contributed by atoms with Crippen molar-refractivity contribution in [3.05, 3.63) is 34.4 Å². The maximum absolute atomic E-state index is 11.5. The summed E-state index contributed by atoms with van der Waals surface area (Å²) in [5.41, 5.74) is -0.149. The molecule has 0 aromatic heterocycles. The highest BCUT2D eigenvalue weighted by Crippen LogP contribution is 2.22. The third kappa shape index (κ3) is 4.38. The van der Waals surface area contributed by atoms with Crippen molar-refractivity contribution in [1.29, 1.82) is 0 Å². The van der Waals surface area contributed by atoms with Crippen molar-refractivity contribution in [2.24, 2.45) is 5.92 Å². The summed E-state index contributed by atoms with van der Waals surface area (Å²) in [5, 5.41) is 13.1. The van der Waals surface area contributed by atoms with Crippen molar-refractivity contribution in [2.75, 3.05) is 11.9 Å². The first-order valence-corrected chi connectivity index (χ1v) is 5.61. The van der Waals surface area contributed by atoms with Crippen molar-refractivity contribution >= 4 is 23.3 Å². The molecule has 19 heavy (non-hydrogen) atoms. The fourth-order valence-electron chi connectivity index (χ4n) is 1.23. The van der Waals surface area contributed by atoms with Crippen LogP contribution in [-0.2, 0) is 14.3 Å². The van der Waals surface area contributed by atoms with Gasteiger partial charge in [-0.15, -0.1) is 0 Å². The molecule has 1 N–H and O–H groups in total. The fourth-order valence-corrected chi connectivity index (χ4v) is 1.23. The summed E-state index contributed by atoms with van der Waals surface area (Å²) >= 11 is 0. The van der Waals surface area contributed by atoms with Crippen LogP contribution < -0.4 is 5.32 Å². The van der Waals surface area contributed by atoms with Crippen molar-refractivity contribution < 1.29 is 19.2 Å². The van der Waals surface area contributed by atoms with E-state index in [9.17, 15) is 19.7 Å². The van der Waals surface area contributed by atoms with E-state index >= 15 is 0 Å². The summed E-state index contributed by atoms with van der Waals surface area (Å²) in [5.74, 6) is -1.46. The highest BCUT2D eigenvalue weighted by Gasteiger charge is 2.16. The van der Waals surface area contributed by atoms with Gasteiger partial charge in [-0.1, -0.05) is 26.0 Å². The van der Waals surface area contributed by atoms with Crippen LogP contribution in [0.1, 0.15) is 13.8 Å². The highest BCUT2D eigenvalue weighted by molar-refractivity contribution is 5.94. The topological polar surface area (TPSA) is 98.5 Å². The Morgan fingerprint density at radius 3 is 2.58 bits per heavy atom. The van der Waals surface area contributed by atoms with E-state index < -0.39 is 23.4 Å². The number of para-hydroxylation sites is 2. The molecular weight excluding hydrogens is 252 g/mol. The molecule has 0 aliphatic heterocycles. The number of ether oxygens (including phenoxy) is 1. The third-order valence-corrected chi connectivity index (χ3v) is 2.19. The van der Waals surface area contributed by atoms with E-state index in [4.69, 9.17) is 4.74 Å². The van der Waals surface area contributed by atoms with Gasteiger partial charge in [0.1, 0.15) is 5.69 Å². The molecule has 0 unspecified atom stereocenters. The number of esters is 1. The Bertz CT molecular complexity index is 499. The Labute approximate surface area is 109 Å². The number of carbonyl (C=O) groups excluding carboxylic acids is 2. The maximum Gasteiger partial charge on any atom is 0.308 e. The van der Waals surface area contributed by atoms with Gasteiger partial charge in [-0.3, -0.25) is 19.7 Å². The van der Waals surface area contributed by atoms with Gasteiger partial charge in [0.25, 0.3) is 11.6 Å². The number of anilines is 1. The van der Waals surface area contributed by atoms with Gasteiger partial charge in [0.05, 0.1) is 10.8 Å². The lowest BCUT2D eigenvalue weighted by atomic mass is 10.2. The molecule has 102 valence electrons. The van der Waals surface area contributed by atoms with Crippen LogP contribution in [0.3, 0.4) is 0 Å². The molecule has 0 spiro atoms. The largest absolute Gasteiger partial charge is 0.455 e. The van der Waals surface area contributed by atoms with Gasteiger partial charge in [0.15, 0.2) is 6.61 Å². The van der Waals surface area contributed by atoms with Gasteiger partial charge >= 0.3 is 5.97 Å². The molecule has 0 fully saturated rings. The zero-order valence-electron chi connectivity index (χ0n) is 10.6. The first kappa shape index (κ1) is 14.6. The number of nitrogens with zero attached hydrogens (tertiary/aromatic N) is 1. The quantitative estimate of drug-likeness (QED) is 0.497. The minimum atomic E-state index is -0.622. The average molecular weight is 266 g/mol. The van der Waals surface area contributed by atoms with E-state index in [0.29, 0.717) is 0 Å². The van der Waals surface area contributed by atoms with E-state index in [0.717, 1.165) is 0 Å². The molecule has 1 aromatic carbocycles. The van der Waals surface area contributed by atoms with Crippen LogP contribution in [0.4, 0.5) is 11.4 Å². The highest BCUT2D eigenvalue weighted by atomic mass is 16.6. The number of hydrogen-bond acceptors (Lipinski definition) is 5. The van der Waals surface area contributed by atoms with E-state index in [1.807, 2.05) is 0 Å². The van der Waals surface area contributed by atoms with E-state index in [1.165, 1.54) is 18.2 Å². The number of nitrogens with one attached hydrogen (secondary N) is 1. The summed E-state index contributed by atoms with van der Waals surface area (Å²) in [7, 11) is 0. The summed E-state index contributed by atoms with van der Waals surface area (Å²) in [6, 6.07) is 5.73. The predicted octanol–water partition coefficient (Wildman–Crippen LogP) is 1.73. The summed E-state index contributed by atoms with van der Waals surface area (Å²) in [6.07, 6.45) is 0. The first-order valence-electron chi connectivity index (χ1n) is 5.61. The van der Waals surface area contributed by atoms with Gasteiger partial charge < -0.3 is 10.1 Å². The molecule has 1 aromatic rings. The third-order valence-electron chi connectivity index (χ3n) is 2.19. The van der Waals surface area contributed by atoms with E-state index in [2.05, 4.69) is 5.32 Å². The molecule has 0 radical (unpaired) electrons. The lowest BCUT2D eigenvalue weighted by Gasteiger charge is -2.08. The number of carbonyl (C=O) groups is 2. The second kappa shape index (κ2) is 6.48. The Morgan fingerprint density at radius 1 is 1.37 bits per heavy atom. The van der Waals surface area contributed by atoms with Gasteiger partial charge in [-0.2, -0.15) is 0 Å². The standard InChI is InChI=1S/C12H14N2O5/c1-8(2)12(16)19-7-11(15)13-9-5-3-4-6-10(9)14(17)18/h3-6,8H,7H2,1-2H3,(H,13,15). The lowest BCUT2D eigenvalue weighted by molar-refractivity contribution is -0.383. The predicted molar refractivity (Wildman–Crippen MR) is 67.5 cm³/mol. The molecule has 0 bridgehead atoms. The maximum atomic E-state index is 11.5. The molecule has 7 nitrogen and oxygen atoms in total. The Kier molecular flexibility index (Phi) is 4.99. The van der Waals surface area contributed by atoms with Crippen LogP contribution in [-0.4, -0.2) is 23.4 Å². The number of rotatable bonds is 5. The van der Waals surface area contributed by atoms with Crippen molar-refractivity contribution in [1.82, 2.24) is 0 Å². The molecular formula is C12H14N2O5. The van der Waals surface area contributed by atoms with Crippen LogP contribution in [0.15, 0.2) is 24.3 Å². The van der Waals surface area contributed by atoms with Crippen LogP contribution in [0.25, 0.3) is 0 Å². The molecule has 0 heterocycles. The second-order valence-electron chi connectivity index (χ2n) is 4.08. The number of hydrogen-bond donors (Lipinski definition) is 1. The van der Waals surface area contributed by atoms with Gasteiger partial charge in [0.2, 0.25) is 0 Å². The monoisotopic (exact) mass is 266 g/mol. The van der Waals surface area contributed by atoms with Gasteiger partial charge in [0, 0.05) is 6.07 Å². The molecule has 0 aliphatic rings. The molecule has 7 heteroatoms. The van der Waals surface area contributed by atoms with Gasteiger partial charge in [-0.05, 0) is 6.07 Å².